The first kappa shape index (κ1) is 16.1. The van der Waals surface area contributed by atoms with Crippen molar-refractivity contribution in [1.29, 1.82) is 0 Å². The number of rotatable bonds is 1. The van der Waals surface area contributed by atoms with E-state index < -0.39 is 0 Å². The van der Waals surface area contributed by atoms with Gasteiger partial charge in [0, 0.05) is 13.1 Å². The zero-order chi connectivity index (χ0) is 16.4. The van der Waals surface area contributed by atoms with Crippen LogP contribution in [-0.4, -0.2) is 42.3 Å². The standard InChI is InChI=1S/C18H26N2O3/c1-13-8-10-20(11-12-22-13)17(21)19-15-6-4-5-14-7-9-18(2,3)23-16(14)15/h4-6,13H,7-12H2,1-3H3,(H,19,21). The first-order chi connectivity index (χ1) is 10.9. The van der Waals surface area contributed by atoms with Crippen molar-refractivity contribution in [1.82, 2.24) is 4.90 Å². The summed E-state index contributed by atoms with van der Waals surface area (Å²) in [6.45, 7) is 8.14. The zero-order valence-corrected chi connectivity index (χ0v) is 14.2. The summed E-state index contributed by atoms with van der Waals surface area (Å²) in [7, 11) is 0. The molecule has 2 aliphatic rings. The number of para-hydroxylation sites is 1. The van der Waals surface area contributed by atoms with Crippen LogP contribution in [0.2, 0.25) is 0 Å². The maximum Gasteiger partial charge on any atom is 0.322 e. The normalized spacial score (nSPS) is 23.4. The first-order valence-electron chi connectivity index (χ1n) is 8.43. The minimum absolute atomic E-state index is 0.0805. The zero-order valence-electron chi connectivity index (χ0n) is 14.2. The lowest BCUT2D eigenvalue weighted by molar-refractivity contribution is 0.0761. The Kier molecular flexibility index (Phi) is 4.48. The Morgan fingerprint density at radius 3 is 3.00 bits per heavy atom. The molecule has 1 unspecified atom stereocenters. The number of hydrogen-bond acceptors (Lipinski definition) is 3. The Hall–Kier alpha value is -1.75. The molecule has 1 aromatic rings. The lowest BCUT2D eigenvalue weighted by atomic mass is 9.94. The molecule has 2 aliphatic heterocycles. The minimum Gasteiger partial charge on any atom is -0.485 e. The van der Waals surface area contributed by atoms with Gasteiger partial charge in [-0.05, 0) is 51.7 Å². The number of ether oxygens (including phenoxy) is 2. The molecule has 126 valence electrons. The minimum atomic E-state index is -0.195. The first-order valence-corrected chi connectivity index (χ1v) is 8.43. The van der Waals surface area contributed by atoms with Gasteiger partial charge < -0.3 is 19.7 Å². The van der Waals surface area contributed by atoms with E-state index in [1.807, 2.05) is 24.0 Å². The van der Waals surface area contributed by atoms with Gasteiger partial charge in [0.05, 0.1) is 18.4 Å². The van der Waals surface area contributed by atoms with Crippen LogP contribution in [0, 0.1) is 0 Å². The summed E-state index contributed by atoms with van der Waals surface area (Å²) < 4.78 is 11.7. The van der Waals surface area contributed by atoms with Crippen molar-refractivity contribution in [2.24, 2.45) is 0 Å². The topological polar surface area (TPSA) is 50.8 Å². The third-order valence-corrected chi connectivity index (χ3v) is 4.57. The van der Waals surface area contributed by atoms with E-state index in [1.165, 1.54) is 0 Å². The van der Waals surface area contributed by atoms with Gasteiger partial charge in [0.2, 0.25) is 0 Å². The van der Waals surface area contributed by atoms with Crippen molar-refractivity contribution < 1.29 is 14.3 Å². The predicted octanol–water partition coefficient (Wildman–Crippen LogP) is 3.43. The van der Waals surface area contributed by atoms with Crippen LogP contribution in [0.25, 0.3) is 0 Å². The highest BCUT2D eigenvalue weighted by molar-refractivity contribution is 5.91. The fourth-order valence-corrected chi connectivity index (χ4v) is 3.06. The molecule has 3 rings (SSSR count). The van der Waals surface area contributed by atoms with E-state index in [1.54, 1.807) is 0 Å². The van der Waals surface area contributed by atoms with Crippen LogP contribution in [0.4, 0.5) is 10.5 Å². The SMILES string of the molecule is CC1CCN(C(=O)Nc2cccc3c2OC(C)(C)CC3)CCO1. The van der Waals surface area contributed by atoms with Crippen LogP contribution >= 0.6 is 0 Å². The van der Waals surface area contributed by atoms with Gasteiger partial charge in [0.15, 0.2) is 0 Å². The second kappa shape index (κ2) is 6.40. The molecule has 1 aromatic carbocycles. The average Bonchev–Trinajstić information content (AvgIpc) is 2.72. The summed E-state index contributed by atoms with van der Waals surface area (Å²) >= 11 is 0. The van der Waals surface area contributed by atoms with Crippen molar-refractivity contribution >= 4 is 11.7 Å². The quantitative estimate of drug-likeness (QED) is 0.863. The molecule has 1 N–H and O–H groups in total. The number of urea groups is 1. The third kappa shape index (κ3) is 3.78. The second-order valence-electron chi connectivity index (χ2n) is 7.04. The van der Waals surface area contributed by atoms with Crippen LogP contribution in [0.5, 0.6) is 5.75 Å². The highest BCUT2D eigenvalue weighted by atomic mass is 16.5. The van der Waals surface area contributed by atoms with Gasteiger partial charge in [0.1, 0.15) is 11.4 Å². The largest absolute Gasteiger partial charge is 0.485 e. The van der Waals surface area contributed by atoms with Gasteiger partial charge in [0.25, 0.3) is 0 Å². The summed E-state index contributed by atoms with van der Waals surface area (Å²) in [5, 5.41) is 3.03. The van der Waals surface area contributed by atoms with E-state index in [9.17, 15) is 4.79 Å². The van der Waals surface area contributed by atoms with Crippen molar-refractivity contribution in [3.63, 3.8) is 0 Å². The molecule has 1 fully saturated rings. The predicted molar refractivity (Wildman–Crippen MR) is 90.1 cm³/mol. The Morgan fingerprint density at radius 1 is 1.35 bits per heavy atom. The molecule has 0 aromatic heterocycles. The van der Waals surface area contributed by atoms with Gasteiger partial charge in [-0.25, -0.2) is 4.79 Å². The number of hydrogen-bond donors (Lipinski definition) is 1. The van der Waals surface area contributed by atoms with Crippen molar-refractivity contribution in [3.8, 4) is 5.75 Å². The van der Waals surface area contributed by atoms with Gasteiger partial charge in [-0.15, -0.1) is 0 Å². The molecule has 5 nitrogen and oxygen atoms in total. The molecule has 0 spiro atoms. The molecule has 1 saturated heterocycles. The molecule has 23 heavy (non-hydrogen) atoms. The highest BCUT2D eigenvalue weighted by Crippen LogP contribution is 2.38. The molecule has 2 heterocycles. The van der Waals surface area contributed by atoms with Crippen molar-refractivity contribution in [2.75, 3.05) is 25.0 Å². The third-order valence-electron chi connectivity index (χ3n) is 4.57. The maximum absolute atomic E-state index is 12.6. The van der Waals surface area contributed by atoms with Gasteiger partial charge in [-0.1, -0.05) is 12.1 Å². The monoisotopic (exact) mass is 318 g/mol. The Bertz CT molecular complexity index is 586. The Labute approximate surface area is 137 Å². The van der Waals surface area contributed by atoms with Crippen LogP contribution in [-0.2, 0) is 11.2 Å². The molecular formula is C18H26N2O3. The van der Waals surface area contributed by atoms with E-state index >= 15 is 0 Å². The number of nitrogens with one attached hydrogen (secondary N) is 1. The smallest absolute Gasteiger partial charge is 0.322 e. The molecule has 0 saturated carbocycles. The molecule has 2 amide bonds. The summed E-state index contributed by atoms with van der Waals surface area (Å²) in [6, 6.07) is 5.88. The van der Waals surface area contributed by atoms with Crippen molar-refractivity contribution in [3.05, 3.63) is 23.8 Å². The van der Waals surface area contributed by atoms with Crippen LogP contribution in [0.3, 0.4) is 0 Å². The summed E-state index contributed by atoms with van der Waals surface area (Å²) in [6.07, 6.45) is 3.03. The molecular weight excluding hydrogens is 292 g/mol. The number of anilines is 1. The fraction of sp³-hybridized carbons (Fsp3) is 0.611. The summed E-state index contributed by atoms with van der Waals surface area (Å²) in [4.78, 5) is 14.4. The number of fused-ring (bicyclic) bond motifs is 1. The second-order valence-corrected chi connectivity index (χ2v) is 7.04. The van der Waals surface area contributed by atoms with E-state index in [0.29, 0.717) is 19.7 Å². The number of amides is 2. The lowest BCUT2D eigenvalue weighted by Gasteiger charge is -2.34. The molecule has 1 atom stereocenters. The van der Waals surface area contributed by atoms with Crippen molar-refractivity contribution in [2.45, 2.75) is 51.7 Å². The number of carbonyl (C=O) groups excluding carboxylic acids is 1. The average molecular weight is 318 g/mol. The van der Waals surface area contributed by atoms with E-state index in [2.05, 4.69) is 25.2 Å². The number of aryl methyl sites for hydroxylation is 1. The van der Waals surface area contributed by atoms with E-state index in [0.717, 1.165) is 36.3 Å². The van der Waals surface area contributed by atoms with Crippen LogP contribution < -0.4 is 10.1 Å². The number of benzene rings is 1. The summed E-state index contributed by atoms with van der Waals surface area (Å²) in [5.74, 6) is 0.816. The highest BCUT2D eigenvalue weighted by Gasteiger charge is 2.29. The van der Waals surface area contributed by atoms with Gasteiger partial charge in [-0.2, -0.15) is 0 Å². The Balaban J connectivity index is 1.74. The Morgan fingerprint density at radius 2 is 2.17 bits per heavy atom. The van der Waals surface area contributed by atoms with E-state index in [-0.39, 0.29) is 17.7 Å². The fourth-order valence-electron chi connectivity index (χ4n) is 3.06. The van der Waals surface area contributed by atoms with Gasteiger partial charge >= 0.3 is 6.03 Å². The number of carbonyl (C=O) groups is 1. The lowest BCUT2D eigenvalue weighted by Crippen LogP contribution is -2.38. The molecule has 5 heteroatoms. The molecule has 0 bridgehead atoms. The molecule has 0 aliphatic carbocycles. The van der Waals surface area contributed by atoms with Crippen LogP contribution in [0.15, 0.2) is 18.2 Å². The van der Waals surface area contributed by atoms with E-state index in [4.69, 9.17) is 9.47 Å². The van der Waals surface area contributed by atoms with Crippen LogP contribution in [0.1, 0.15) is 39.2 Å². The molecule has 0 radical (unpaired) electrons. The number of nitrogens with zero attached hydrogens (tertiary/aromatic N) is 1. The van der Waals surface area contributed by atoms with Gasteiger partial charge in [-0.3, -0.25) is 0 Å². The maximum atomic E-state index is 12.6. The summed E-state index contributed by atoms with van der Waals surface area (Å²) in [5.41, 5.74) is 1.73.